The van der Waals surface area contributed by atoms with E-state index >= 15 is 0 Å². The van der Waals surface area contributed by atoms with Gasteiger partial charge in [-0.2, -0.15) is 0 Å². The van der Waals surface area contributed by atoms with Crippen LogP contribution in [0.25, 0.3) is 11.3 Å². The number of carbonyl (C=O) groups is 2. The average molecular weight is 473 g/mol. The first kappa shape index (κ1) is 20.8. The Bertz CT molecular complexity index is 1030. The van der Waals surface area contributed by atoms with Crippen molar-refractivity contribution in [2.24, 2.45) is 0 Å². The van der Waals surface area contributed by atoms with Gasteiger partial charge in [-0.15, -0.1) is 0 Å². The van der Waals surface area contributed by atoms with Gasteiger partial charge in [-0.05, 0) is 67.7 Å². The third-order valence-electron chi connectivity index (χ3n) is 3.84. The molecule has 1 amide bonds. The van der Waals surface area contributed by atoms with Gasteiger partial charge in [-0.1, -0.05) is 28.1 Å². The molecule has 6 nitrogen and oxygen atoms in total. The summed E-state index contributed by atoms with van der Waals surface area (Å²) < 4.78 is 11.5. The van der Waals surface area contributed by atoms with E-state index in [0.29, 0.717) is 23.6 Å². The molecule has 0 radical (unpaired) electrons. The lowest BCUT2D eigenvalue weighted by Crippen LogP contribution is -2.33. The fourth-order valence-corrected chi connectivity index (χ4v) is 2.94. The number of amides is 1. The number of carbonyl (C=O) groups excluding carboxylic acids is 2. The van der Waals surface area contributed by atoms with Crippen LogP contribution in [0.15, 0.2) is 69.6 Å². The van der Waals surface area contributed by atoms with Gasteiger partial charge < -0.3 is 14.5 Å². The molecule has 3 rings (SSSR count). The van der Waals surface area contributed by atoms with Crippen molar-refractivity contribution >= 4 is 50.8 Å². The van der Waals surface area contributed by atoms with E-state index < -0.39 is 11.9 Å². The highest BCUT2D eigenvalue weighted by molar-refractivity contribution is 9.10. The molecule has 0 saturated carbocycles. The lowest BCUT2D eigenvalue weighted by molar-refractivity contribution is 0.0526. The molecular formula is C21H17BrN2O4S. The fraction of sp³-hybridized carbons (Fsp3) is 0.0952. The van der Waals surface area contributed by atoms with Crippen LogP contribution in [0.3, 0.4) is 0 Å². The first-order chi connectivity index (χ1) is 14.0. The molecule has 0 saturated heterocycles. The van der Waals surface area contributed by atoms with Gasteiger partial charge in [-0.25, -0.2) is 4.79 Å². The first-order valence-corrected chi connectivity index (χ1v) is 9.91. The molecule has 1 aromatic heterocycles. The van der Waals surface area contributed by atoms with Gasteiger partial charge in [0.05, 0.1) is 12.2 Å². The summed E-state index contributed by atoms with van der Waals surface area (Å²) in [5.41, 5.74) is 1.91. The van der Waals surface area contributed by atoms with E-state index in [1.54, 1.807) is 43.3 Å². The normalized spacial score (nSPS) is 10.3. The first-order valence-electron chi connectivity index (χ1n) is 8.71. The number of furan rings is 1. The van der Waals surface area contributed by atoms with Gasteiger partial charge in [0.15, 0.2) is 10.9 Å². The maximum Gasteiger partial charge on any atom is 0.338 e. The van der Waals surface area contributed by atoms with Crippen molar-refractivity contribution in [2.45, 2.75) is 6.92 Å². The smallest absolute Gasteiger partial charge is 0.338 e. The van der Waals surface area contributed by atoms with Gasteiger partial charge >= 0.3 is 5.97 Å². The van der Waals surface area contributed by atoms with Crippen LogP contribution in [0.4, 0.5) is 5.69 Å². The third-order valence-corrected chi connectivity index (χ3v) is 4.57. The van der Waals surface area contributed by atoms with Crippen LogP contribution in [0.1, 0.15) is 27.8 Å². The molecule has 148 valence electrons. The highest BCUT2D eigenvalue weighted by Crippen LogP contribution is 2.24. The summed E-state index contributed by atoms with van der Waals surface area (Å²) in [6, 6.07) is 17.4. The number of halogens is 1. The maximum atomic E-state index is 12.4. The molecule has 2 N–H and O–H groups in total. The van der Waals surface area contributed by atoms with Crippen molar-refractivity contribution < 1.29 is 18.7 Å². The van der Waals surface area contributed by atoms with Crippen molar-refractivity contribution in [1.29, 1.82) is 0 Å². The quantitative estimate of drug-likeness (QED) is 0.401. The van der Waals surface area contributed by atoms with Crippen LogP contribution in [0, 0.1) is 0 Å². The second-order valence-electron chi connectivity index (χ2n) is 5.88. The van der Waals surface area contributed by atoms with E-state index in [9.17, 15) is 9.59 Å². The van der Waals surface area contributed by atoms with Crippen molar-refractivity contribution in [2.75, 3.05) is 11.9 Å². The van der Waals surface area contributed by atoms with Crippen LogP contribution in [0.2, 0.25) is 0 Å². The molecule has 0 fully saturated rings. The maximum absolute atomic E-state index is 12.4. The molecule has 3 aromatic rings. The standard InChI is InChI=1S/C21H17BrN2O4S/c1-2-27-20(26)14-5-9-16(10-6-14)23-21(29)24-19(25)18-12-11-17(28-18)13-3-7-15(22)8-4-13/h3-12H,2H2,1H3,(H2,23,24,25,29). The van der Waals surface area contributed by atoms with E-state index in [2.05, 4.69) is 26.6 Å². The highest BCUT2D eigenvalue weighted by atomic mass is 79.9. The summed E-state index contributed by atoms with van der Waals surface area (Å²) in [7, 11) is 0. The van der Waals surface area contributed by atoms with Crippen LogP contribution in [-0.2, 0) is 4.74 Å². The monoisotopic (exact) mass is 472 g/mol. The molecule has 0 spiro atoms. The van der Waals surface area contributed by atoms with Crippen molar-refractivity contribution in [3.63, 3.8) is 0 Å². The van der Waals surface area contributed by atoms with Crippen molar-refractivity contribution in [3.05, 3.63) is 76.5 Å². The fourth-order valence-electron chi connectivity index (χ4n) is 2.46. The lowest BCUT2D eigenvalue weighted by Gasteiger charge is -2.09. The second-order valence-corrected chi connectivity index (χ2v) is 7.20. The number of rotatable bonds is 5. The predicted molar refractivity (Wildman–Crippen MR) is 118 cm³/mol. The Labute approximate surface area is 181 Å². The number of thiocarbonyl (C=S) groups is 1. The SMILES string of the molecule is CCOC(=O)c1ccc(NC(=S)NC(=O)c2ccc(-c3ccc(Br)cc3)o2)cc1. The number of esters is 1. The molecule has 8 heteroatoms. The summed E-state index contributed by atoms with van der Waals surface area (Å²) in [4.78, 5) is 24.0. The molecule has 29 heavy (non-hydrogen) atoms. The van der Waals surface area contributed by atoms with Crippen LogP contribution < -0.4 is 10.6 Å². The highest BCUT2D eigenvalue weighted by Gasteiger charge is 2.14. The number of benzene rings is 2. The lowest BCUT2D eigenvalue weighted by atomic mass is 10.2. The predicted octanol–water partition coefficient (Wildman–Crippen LogP) is 5.01. The molecule has 1 heterocycles. The number of hydrogen-bond donors (Lipinski definition) is 2. The van der Waals surface area contributed by atoms with Crippen molar-refractivity contribution in [1.82, 2.24) is 5.32 Å². The number of nitrogens with one attached hydrogen (secondary N) is 2. The van der Waals surface area contributed by atoms with Gasteiger partial charge in [0.1, 0.15) is 5.76 Å². The minimum absolute atomic E-state index is 0.112. The second kappa shape index (κ2) is 9.49. The Balaban J connectivity index is 1.59. The molecular weight excluding hydrogens is 456 g/mol. The summed E-state index contributed by atoms with van der Waals surface area (Å²) in [5.74, 6) is -0.135. The minimum atomic E-state index is -0.464. The number of anilines is 1. The zero-order valence-electron chi connectivity index (χ0n) is 15.4. The van der Waals surface area contributed by atoms with E-state index in [1.807, 2.05) is 24.3 Å². The zero-order valence-corrected chi connectivity index (χ0v) is 17.8. The Kier molecular flexibility index (Phi) is 6.79. The molecule has 0 aliphatic rings. The Morgan fingerprint density at radius 3 is 2.38 bits per heavy atom. The van der Waals surface area contributed by atoms with E-state index in [1.165, 1.54) is 0 Å². The summed E-state index contributed by atoms with van der Waals surface area (Å²) >= 11 is 8.55. The van der Waals surface area contributed by atoms with E-state index in [0.717, 1.165) is 10.0 Å². The molecule has 0 aliphatic heterocycles. The average Bonchev–Trinajstić information content (AvgIpc) is 3.19. The van der Waals surface area contributed by atoms with Crippen LogP contribution >= 0.6 is 28.1 Å². The van der Waals surface area contributed by atoms with Gasteiger partial charge in [-0.3, -0.25) is 10.1 Å². The van der Waals surface area contributed by atoms with Crippen LogP contribution in [-0.4, -0.2) is 23.6 Å². The Morgan fingerprint density at radius 2 is 1.72 bits per heavy atom. The van der Waals surface area contributed by atoms with E-state index in [-0.39, 0.29) is 10.9 Å². The number of ether oxygens (including phenoxy) is 1. The van der Waals surface area contributed by atoms with Crippen LogP contribution in [0.5, 0.6) is 0 Å². The Hall–Kier alpha value is -2.97. The Morgan fingerprint density at radius 1 is 1.03 bits per heavy atom. The summed E-state index contributed by atoms with van der Waals surface area (Å²) in [5, 5.41) is 5.56. The van der Waals surface area contributed by atoms with E-state index in [4.69, 9.17) is 21.4 Å². The number of hydrogen-bond acceptors (Lipinski definition) is 5. The topological polar surface area (TPSA) is 80.6 Å². The van der Waals surface area contributed by atoms with Gasteiger partial charge in [0.25, 0.3) is 5.91 Å². The summed E-state index contributed by atoms with van der Waals surface area (Å²) in [6.07, 6.45) is 0. The van der Waals surface area contributed by atoms with Gasteiger partial charge in [0, 0.05) is 15.7 Å². The minimum Gasteiger partial charge on any atom is -0.462 e. The molecule has 0 aliphatic carbocycles. The molecule has 0 bridgehead atoms. The molecule has 0 atom stereocenters. The molecule has 0 unspecified atom stereocenters. The molecule has 2 aromatic carbocycles. The largest absolute Gasteiger partial charge is 0.462 e. The van der Waals surface area contributed by atoms with Crippen molar-refractivity contribution in [3.8, 4) is 11.3 Å². The third kappa shape index (κ3) is 5.52. The van der Waals surface area contributed by atoms with Gasteiger partial charge in [0.2, 0.25) is 0 Å². The summed E-state index contributed by atoms with van der Waals surface area (Å²) in [6.45, 7) is 2.06. The zero-order chi connectivity index (χ0) is 20.8.